The van der Waals surface area contributed by atoms with Gasteiger partial charge in [0.05, 0.1) is 0 Å². The molecule has 0 aliphatic heterocycles. The van der Waals surface area contributed by atoms with Gasteiger partial charge in [-0.25, -0.2) is 4.39 Å². The molecule has 4 nitrogen and oxygen atoms in total. The fraction of sp³-hybridized carbons (Fsp3) is 0.750. The van der Waals surface area contributed by atoms with Crippen LogP contribution in [0.5, 0.6) is 0 Å². The first-order valence-corrected chi connectivity index (χ1v) is 4.42. The topological polar surface area (TPSA) is 56.7 Å². The molecule has 1 fully saturated rings. The first-order valence-electron chi connectivity index (χ1n) is 4.42. The largest absolute Gasteiger partial charge is 0.327 e. The molecule has 5 heteroatoms. The van der Waals surface area contributed by atoms with Gasteiger partial charge in [-0.3, -0.25) is 0 Å². The van der Waals surface area contributed by atoms with Crippen LogP contribution in [0, 0.1) is 5.92 Å². The summed E-state index contributed by atoms with van der Waals surface area (Å²) < 4.78 is 15.9. The lowest BCUT2D eigenvalue weighted by atomic mass is 9.99. The van der Waals surface area contributed by atoms with E-state index in [1.54, 1.807) is 11.6 Å². The molecule has 1 aromatic rings. The zero-order valence-corrected chi connectivity index (χ0v) is 7.57. The molecule has 72 valence electrons. The van der Waals surface area contributed by atoms with Crippen molar-refractivity contribution in [3.63, 3.8) is 0 Å². The summed E-state index contributed by atoms with van der Waals surface area (Å²) >= 11 is 0. The highest BCUT2D eigenvalue weighted by Crippen LogP contribution is 2.47. The summed E-state index contributed by atoms with van der Waals surface area (Å²) in [6.45, 7) is -0.00972. The van der Waals surface area contributed by atoms with Gasteiger partial charge in [0.15, 0.2) is 11.5 Å². The van der Waals surface area contributed by atoms with Gasteiger partial charge in [0.1, 0.15) is 6.33 Å². The Kier molecular flexibility index (Phi) is 1.83. The monoisotopic (exact) mass is 184 g/mol. The summed E-state index contributed by atoms with van der Waals surface area (Å²) in [6.07, 6.45) is 3.31. The van der Waals surface area contributed by atoms with Crippen LogP contribution in [0.3, 0.4) is 0 Å². The maximum absolute atomic E-state index is 14.3. The Morgan fingerprint density at radius 3 is 2.85 bits per heavy atom. The van der Waals surface area contributed by atoms with Gasteiger partial charge < -0.3 is 10.3 Å². The lowest BCUT2D eigenvalue weighted by molar-refractivity contribution is 0.126. The van der Waals surface area contributed by atoms with Crippen molar-refractivity contribution in [2.75, 3.05) is 6.54 Å². The summed E-state index contributed by atoms with van der Waals surface area (Å²) in [5, 5.41) is 7.44. The van der Waals surface area contributed by atoms with Crippen LogP contribution < -0.4 is 5.73 Å². The molecule has 0 aromatic carbocycles. The molecule has 0 radical (unpaired) electrons. The third-order valence-electron chi connectivity index (χ3n) is 2.60. The molecular weight excluding hydrogens is 171 g/mol. The predicted molar refractivity (Wildman–Crippen MR) is 45.6 cm³/mol. The van der Waals surface area contributed by atoms with Crippen molar-refractivity contribution < 1.29 is 4.39 Å². The number of hydrogen-bond acceptors (Lipinski definition) is 3. The first kappa shape index (κ1) is 8.62. The molecule has 1 aliphatic carbocycles. The molecule has 1 aromatic heterocycles. The molecule has 1 unspecified atom stereocenters. The van der Waals surface area contributed by atoms with Crippen LogP contribution in [-0.2, 0) is 12.7 Å². The Labute approximate surface area is 75.9 Å². The molecule has 1 heterocycles. The molecule has 1 aliphatic rings. The van der Waals surface area contributed by atoms with Gasteiger partial charge in [0, 0.05) is 19.5 Å². The average Bonchev–Trinajstić information content (AvgIpc) is 2.89. The van der Waals surface area contributed by atoms with E-state index in [0.717, 1.165) is 12.8 Å². The third-order valence-corrected chi connectivity index (χ3v) is 2.60. The Hall–Kier alpha value is -0.970. The molecule has 0 amide bonds. The van der Waals surface area contributed by atoms with Crippen molar-refractivity contribution in [2.45, 2.75) is 18.5 Å². The van der Waals surface area contributed by atoms with E-state index in [-0.39, 0.29) is 12.5 Å². The third kappa shape index (κ3) is 1.23. The number of halogens is 1. The van der Waals surface area contributed by atoms with E-state index in [9.17, 15) is 4.39 Å². The number of aryl methyl sites for hydroxylation is 1. The van der Waals surface area contributed by atoms with Crippen molar-refractivity contribution >= 4 is 0 Å². The van der Waals surface area contributed by atoms with Crippen molar-refractivity contribution in [3.05, 3.63) is 12.2 Å². The van der Waals surface area contributed by atoms with Crippen molar-refractivity contribution in [1.82, 2.24) is 14.8 Å². The Morgan fingerprint density at radius 2 is 2.46 bits per heavy atom. The number of rotatable bonds is 3. The SMILES string of the molecule is Cn1cnnc1C(F)(CN)C1CC1. The summed E-state index contributed by atoms with van der Waals surface area (Å²) in [4.78, 5) is 0. The number of aromatic nitrogens is 3. The van der Waals surface area contributed by atoms with E-state index in [0.29, 0.717) is 5.82 Å². The fourth-order valence-electron chi connectivity index (χ4n) is 1.64. The van der Waals surface area contributed by atoms with E-state index in [1.807, 2.05) is 0 Å². The molecule has 2 N–H and O–H groups in total. The van der Waals surface area contributed by atoms with Gasteiger partial charge in [-0.15, -0.1) is 10.2 Å². The highest BCUT2D eigenvalue weighted by atomic mass is 19.1. The molecular formula is C8H13FN4. The highest BCUT2D eigenvalue weighted by Gasteiger charge is 2.49. The smallest absolute Gasteiger partial charge is 0.185 e. The summed E-state index contributed by atoms with van der Waals surface area (Å²) in [5.74, 6) is 0.401. The van der Waals surface area contributed by atoms with Crippen molar-refractivity contribution in [1.29, 1.82) is 0 Å². The van der Waals surface area contributed by atoms with Gasteiger partial charge >= 0.3 is 0 Å². The maximum Gasteiger partial charge on any atom is 0.185 e. The number of alkyl halides is 1. The van der Waals surface area contributed by atoms with E-state index in [1.165, 1.54) is 6.33 Å². The van der Waals surface area contributed by atoms with Gasteiger partial charge in [-0.2, -0.15) is 0 Å². The van der Waals surface area contributed by atoms with Crippen LogP contribution in [0.1, 0.15) is 18.7 Å². The van der Waals surface area contributed by atoms with Crippen LogP contribution in [0.15, 0.2) is 6.33 Å². The molecule has 0 bridgehead atoms. The van der Waals surface area contributed by atoms with Gasteiger partial charge in [0.2, 0.25) is 0 Å². The molecule has 0 spiro atoms. The van der Waals surface area contributed by atoms with Gasteiger partial charge in [-0.1, -0.05) is 0 Å². The number of nitrogens with two attached hydrogens (primary N) is 1. The molecule has 2 rings (SSSR count). The fourth-order valence-corrected chi connectivity index (χ4v) is 1.64. The quantitative estimate of drug-likeness (QED) is 0.737. The minimum absolute atomic E-state index is 0.00972. The molecule has 13 heavy (non-hydrogen) atoms. The zero-order chi connectivity index (χ0) is 9.47. The molecule has 1 atom stereocenters. The second-order valence-electron chi connectivity index (χ2n) is 3.61. The standard InChI is InChI=1S/C8H13FN4/c1-13-5-11-12-7(13)8(9,4-10)6-2-3-6/h5-6H,2-4,10H2,1H3. The van der Waals surface area contributed by atoms with Crippen LogP contribution >= 0.6 is 0 Å². The summed E-state index contributed by atoms with van der Waals surface area (Å²) in [6, 6.07) is 0. The van der Waals surface area contributed by atoms with E-state index in [2.05, 4.69) is 10.2 Å². The first-order chi connectivity index (χ1) is 6.18. The Balaban J connectivity index is 2.35. The van der Waals surface area contributed by atoms with Gasteiger partial charge in [-0.05, 0) is 12.8 Å². The lowest BCUT2D eigenvalue weighted by Crippen LogP contribution is -2.35. The number of hydrogen-bond donors (Lipinski definition) is 1. The van der Waals surface area contributed by atoms with Crippen LogP contribution in [0.2, 0.25) is 0 Å². The lowest BCUT2D eigenvalue weighted by Gasteiger charge is -2.21. The Morgan fingerprint density at radius 1 is 1.77 bits per heavy atom. The van der Waals surface area contributed by atoms with Crippen molar-refractivity contribution in [2.24, 2.45) is 18.7 Å². The predicted octanol–water partition coefficient (Wildman–Crippen LogP) is 0.349. The van der Waals surface area contributed by atoms with E-state index < -0.39 is 5.67 Å². The molecule has 0 saturated heterocycles. The van der Waals surface area contributed by atoms with Gasteiger partial charge in [0.25, 0.3) is 0 Å². The van der Waals surface area contributed by atoms with E-state index >= 15 is 0 Å². The maximum atomic E-state index is 14.3. The van der Waals surface area contributed by atoms with Crippen molar-refractivity contribution in [3.8, 4) is 0 Å². The second-order valence-corrected chi connectivity index (χ2v) is 3.61. The number of nitrogens with zero attached hydrogens (tertiary/aromatic N) is 3. The summed E-state index contributed by atoms with van der Waals surface area (Å²) in [5.41, 5.74) is 3.98. The average molecular weight is 184 g/mol. The van der Waals surface area contributed by atoms with Crippen LogP contribution in [-0.4, -0.2) is 21.3 Å². The highest BCUT2D eigenvalue weighted by molar-refractivity contribution is 5.09. The van der Waals surface area contributed by atoms with E-state index in [4.69, 9.17) is 5.73 Å². The van der Waals surface area contributed by atoms with Crippen LogP contribution in [0.4, 0.5) is 4.39 Å². The summed E-state index contributed by atoms with van der Waals surface area (Å²) in [7, 11) is 1.74. The minimum atomic E-state index is -1.47. The second kappa shape index (κ2) is 2.77. The minimum Gasteiger partial charge on any atom is -0.327 e. The zero-order valence-electron chi connectivity index (χ0n) is 7.57. The normalized spacial score (nSPS) is 21.5. The molecule has 1 saturated carbocycles. The Bertz CT molecular complexity index is 307. The van der Waals surface area contributed by atoms with Crippen LogP contribution in [0.25, 0.3) is 0 Å².